The molecule has 0 saturated heterocycles. The van der Waals surface area contributed by atoms with Gasteiger partial charge in [-0.3, -0.25) is 0 Å². The van der Waals surface area contributed by atoms with Crippen molar-refractivity contribution in [3.8, 4) is 11.1 Å². The van der Waals surface area contributed by atoms with E-state index in [1.165, 1.54) is 129 Å². The van der Waals surface area contributed by atoms with E-state index in [1.807, 2.05) is 0 Å². The molecule has 48 heavy (non-hydrogen) atoms. The lowest BCUT2D eigenvalue weighted by molar-refractivity contribution is 0.444. The summed E-state index contributed by atoms with van der Waals surface area (Å²) < 4.78 is 0. The minimum absolute atomic E-state index is 0.0806. The van der Waals surface area contributed by atoms with Gasteiger partial charge < -0.3 is 0 Å². The average molecular weight is 669 g/mol. The molecular weight excluding hydrogens is 614 g/mol. The van der Waals surface area contributed by atoms with Crippen LogP contribution in [0.3, 0.4) is 0 Å². The fraction of sp³-hybridized carbons (Fsp3) is 0.435. The Balaban J connectivity index is 1.37. The lowest BCUT2D eigenvalue weighted by Crippen LogP contribution is -2.22. The molecule has 248 valence electrons. The molecule has 3 aliphatic carbocycles. The van der Waals surface area contributed by atoms with Crippen LogP contribution in [0.25, 0.3) is 32.7 Å². The number of hydrogen-bond acceptors (Lipinski definition) is 0. The van der Waals surface area contributed by atoms with Crippen molar-refractivity contribution in [2.75, 3.05) is 0 Å². The molecule has 0 N–H and O–H groups in total. The number of benzene rings is 5. The maximum absolute atomic E-state index is 2.64. The van der Waals surface area contributed by atoms with Crippen LogP contribution in [0.2, 0.25) is 0 Å². The van der Waals surface area contributed by atoms with E-state index in [0.29, 0.717) is 5.92 Å². The van der Waals surface area contributed by atoms with Gasteiger partial charge in [-0.2, -0.15) is 0 Å². The highest BCUT2D eigenvalue weighted by Gasteiger charge is 2.33. The molecule has 3 fully saturated rings. The summed E-state index contributed by atoms with van der Waals surface area (Å²) in [5, 5.41) is 7.31. The first kappa shape index (κ1) is 32.7. The first-order valence-corrected chi connectivity index (χ1v) is 22.3. The van der Waals surface area contributed by atoms with Crippen molar-refractivity contribution in [1.82, 2.24) is 0 Å². The molecule has 0 bridgehead atoms. The number of rotatable bonds is 9. The summed E-state index contributed by atoms with van der Waals surface area (Å²) in [6.07, 6.45) is 24.0. The van der Waals surface area contributed by atoms with Crippen LogP contribution in [-0.4, -0.2) is 11.3 Å². The smallest absolute Gasteiger partial charge is 0.00569 e. The van der Waals surface area contributed by atoms with E-state index in [-0.39, 0.29) is 7.92 Å². The zero-order valence-corrected chi connectivity index (χ0v) is 30.8. The number of hydrogen-bond donors (Lipinski definition) is 0. The highest BCUT2D eigenvalue weighted by Crippen LogP contribution is 2.60. The quantitative estimate of drug-likeness (QED) is 0.137. The maximum Gasteiger partial charge on any atom is -0.00569 e. The third-order valence-corrected chi connectivity index (χ3v) is 17.1. The van der Waals surface area contributed by atoms with Crippen LogP contribution in [0.5, 0.6) is 0 Å². The van der Waals surface area contributed by atoms with Crippen molar-refractivity contribution in [2.45, 2.75) is 126 Å². The summed E-state index contributed by atoms with van der Waals surface area (Å²) in [4.78, 5) is 0. The summed E-state index contributed by atoms with van der Waals surface area (Å²) in [6.45, 7) is 0. The third kappa shape index (κ3) is 7.05. The molecule has 8 rings (SSSR count). The Morgan fingerprint density at radius 1 is 0.521 bits per heavy atom. The third-order valence-electron chi connectivity index (χ3n) is 12.2. The second kappa shape index (κ2) is 15.6. The Morgan fingerprint density at radius 3 is 1.75 bits per heavy atom. The van der Waals surface area contributed by atoms with Gasteiger partial charge in [0.25, 0.3) is 0 Å². The van der Waals surface area contributed by atoms with Gasteiger partial charge >= 0.3 is 0 Å². The van der Waals surface area contributed by atoms with Crippen LogP contribution in [0.4, 0.5) is 0 Å². The highest BCUT2D eigenvalue weighted by atomic mass is 31.1. The molecule has 5 aromatic rings. The van der Waals surface area contributed by atoms with Gasteiger partial charge in [-0.15, -0.1) is 0 Å². The van der Waals surface area contributed by atoms with Gasteiger partial charge in [0, 0.05) is 0 Å². The van der Waals surface area contributed by atoms with Crippen LogP contribution < -0.4 is 5.30 Å². The topological polar surface area (TPSA) is 0 Å². The van der Waals surface area contributed by atoms with E-state index in [9.17, 15) is 0 Å². The largest absolute Gasteiger partial charge is 0.0958 e. The summed E-state index contributed by atoms with van der Waals surface area (Å²) in [7, 11) is 0.722. The zero-order valence-electron chi connectivity index (χ0n) is 28.9. The molecule has 0 heterocycles. The van der Waals surface area contributed by atoms with Crippen molar-refractivity contribution in [3.63, 3.8) is 0 Å². The van der Waals surface area contributed by atoms with Gasteiger partial charge in [-0.05, 0) is 123 Å². The zero-order chi connectivity index (χ0) is 32.1. The Morgan fingerprint density at radius 2 is 1.08 bits per heavy atom. The highest BCUT2D eigenvalue weighted by molar-refractivity contribution is 7.58. The van der Waals surface area contributed by atoms with Crippen molar-refractivity contribution >= 4 is 43.4 Å². The maximum atomic E-state index is 2.64. The fourth-order valence-corrected chi connectivity index (χ4v) is 14.7. The average Bonchev–Trinajstić information content (AvgIpc) is 3.17. The van der Waals surface area contributed by atoms with E-state index in [0.717, 1.165) is 26.1 Å². The molecule has 1 atom stereocenters. The van der Waals surface area contributed by atoms with Crippen molar-refractivity contribution in [1.29, 1.82) is 0 Å². The first-order chi connectivity index (χ1) is 23.8. The fourth-order valence-electron chi connectivity index (χ4n) is 9.71. The predicted molar refractivity (Wildman–Crippen MR) is 215 cm³/mol. The van der Waals surface area contributed by atoms with Gasteiger partial charge in [-0.1, -0.05) is 171 Å². The number of fused-ring (bicyclic) bond motifs is 2. The summed E-state index contributed by atoms with van der Waals surface area (Å²) in [5.74, 6) is 0.665. The standard InChI is InChI=1S/C46H54P2/c1-5-17-34(18-6-1)43-30-29-35-19-13-15-27-41(35)45(43)46-42-28-16-14-20-36(42)31-37(32-47-38-21-7-2-8-22-38)44(46)33-48(39-23-9-3-10-24-39)40-25-11-4-12-26-40/h2,7-8,13-16,19-22,27-31,34,39-40,47H,1,3-6,9-12,17-18,23-26,32-33H2. The normalized spacial score (nSPS) is 18.9. The van der Waals surface area contributed by atoms with E-state index < -0.39 is 0 Å². The van der Waals surface area contributed by atoms with Crippen molar-refractivity contribution in [2.24, 2.45) is 0 Å². The Bertz CT molecular complexity index is 1790. The Kier molecular flexibility index (Phi) is 10.6. The lowest BCUT2D eigenvalue weighted by atomic mass is 9.77. The van der Waals surface area contributed by atoms with E-state index >= 15 is 0 Å². The first-order valence-electron chi connectivity index (χ1n) is 19.4. The molecule has 0 aromatic heterocycles. The molecular formula is C46H54P2. The van der Waals surface area contributed by atoms with E-state index in [1.54, 1.807) is 27.8 Å². The molecule has 0 amide bonds. The van der Waals surface area contributed by atoms with Crippen LogP contribution in [-0.2, 0) is 12.3 Å². The molecule has 0 spiro atoms. The van der Waals surface area contributed by atoms with Crippen molar-refractivity contribution < 1.29 is 0 Å². The summed E-state index contributed by atoms with van der Waals surface area (Å²) >= 11 is 0. The molecule has 3 saturated carbocycles. The molecule has 1 unspecified atom stereocenters. The second-order valence-electron chi connectivity index (χ2n) is 15.2. The van der Waals surface area contributed by atoms with Gasteiger partial charge in [0.05, 0.1) is 0 Å². The van der Waals surface area contributed by atoms with Crippen LogP contribution in [0.15, 0.2) is 97.1 Å². The minimum Gasteiger partial charge on any atom is -0.0958 e. The molecule has 0 radical (unpaired) electrons. The molecule has 0 aliphatic heterocycles. The summed E-state index contributed by atoms with van der Waals surface area (Å²) in [6, 6.07) is 37.8. The van der Waals surface area contributed by atoms with E-state index in [4.69, 9.17) is 0 Å². The predicted octanol–water partition coefficient (Wildman–Crippen LogP) is 13.9. The molecule has 0 nitrogen and oxygen atoms in total. The monoisotopic (exact) mass is 668 g/mol. The van der Waals surface area contributed by atoms with E-state index in [2.05, 4.69) is 97.1 Å². The summed E-state index contributed by atoms with van der Waals surface area (Å²) in [5.41, 5.74) is 10.1. The lowest BCUT2D eigenvalue weighted by Gasteiger charge is -2.39. The van der Waals surface area contributed by atoms with Gasteiger partial charge in [0.2, 0.25) is 0 Å². The molecule has 2 heteroatoms. The van der Waals surface area contributed by atoms with Gasteiger partial charge in [-0.25, -0.2) is 0 Å². The SMILES string of the molecule is c1ccc(PCc2cc3ccccc3c(-c3c(C4CCCCC4)ccc4ccccc34)c2CP(C2CCCCC2)C2CCCCC2)cc1. The van der Waals surface area contributed by atoms with Gasteiger partial charge in [0.1, 0.15) is 0 Å². The van der Waals surface area contributed by atoms with Crippen molar-refractivity contribution in [3.05, 3.63) is 114 Å². The van der Waals surface area contributed by atoms with Crippen LogP contribution >= 0.6 is 16.5 Å². The minimum atomic E-state index is -0.0806. The Hall–Kier alpha value is -2.52. The van der Waals surface area contributed by atoms with Crippen LogP contribution in [0, 0.1) is 0 Å². The molecule has 3 aliphatic rings. The van der Waals surface area contributed by atoms with Gasteiger partial charge in [0.15, 0.2) is 0 Å². The van der Waals surface area contributed by atoms with Crippen LogP contribution in [0.1, 0.15) is 119 Å². The molecule has 5 aromatic carbocycles. The second-order valence-corrected chi connectivity index (χ2v) is 19.3. The Labute approximate surface area is 293 Å².